The first-order valence-electron chi connectivity index (χ1n) is 9.34. The molecule has 0 bridgehead atoms. The molecule has 0 unspecified atom stereocenters. The van der Waals surface area contributed by atoms with Gasteiger partial charge in [-0.25, -0.2) is 12.8 Å². The van der Waals surface area contributed by atoms with Crippen molar-refractivity contribution < 1.29 is 22.0 Å². The lowest BCUT2D eigenvalue weighted by Crippen LogP contribution is -2.13. The largest absolute Gasteiger partial charge is 0.455 e. The standard InChI is InChI=1S/C21H21FN2O4S/c1-29(26,27)24-17-11-18-16(10-14(17)5-4-12-2-3-12)19(21(23)25)20(28-18)13-6-8-15(22)9-7-13/h6-12,24H,2-5H2,1H3,(H2,23,25). The lowest BCUT2D eigenvalue weighted by Gasteiger charge is -2.11. The lowest BCUT2D eigenvalue weighted by atomic mass is 10.00. The van der Waals surface area contributed by atoms with Crippen LogP contribution in [0.5, 0.6) is 0 Å². The minimum atomic E-state index is -3.49. The molecular weight excluding hydrogens is 395 g/mol. The Balaban J connectivity index is 1.88. The number of nitrogens with two attached hydrogens (primary N) is 1. The highest BCUT2D eigenvalue weighted by atomic mass is 32.2. The van der Waals surface area contributed by atoms with Crippen LogP contribution in [0, 0.1) is 11.7 Å². The summed E-state index contributed by atoms with van der Waals surface area (Å²) in [5.74, 6) is -0.184. The van der Waals surface area contributed by atoms with Crippen molar-refractivity contribution in [3.8, 4) is 11.3 Å². The summed E-state index contributed by atoms with van der Waals surface area (Å²) in [6.07, 6.45) is 5.07. The number of anilines is 1. The number of hydrogen-bond donors (Lipinski definition) is 2. The van der Waals surface area contributed by atoms with Gasteiger partial charge >= 0.3 is 0 Å². The van der Waals surface area contributed by atoms with E-state index in [1.165, 1.54) is 37.1 Å². The summed E-state index contributed by atoms with van der Waals surface area (Å²) in [7, 11) is -3.49. The Morgan fingerprint density at radius 1 is 1.24 bits per heavy atom. The Morgan fingerprint density at radius 3 is 2.52 bits per heavy atom. The van der Waals surface area contributed by atoms with Gasteiger partial charge in [0.1, 0.15) is 17.2 Å². The van der Waals surface area contributed by atoms with Gasteiger partial charge < -0.3 is 10.2 Å². The average Bonchev–Trinajstić information content (AvgIpc) is 3.38. The Bertz CT molecular complexity index is 1200. The van der Waals surface area contributed by atoms with Crippen molar-refractivity contribution in [1.82, 2.24) is 0 Å². The van der Waals surface area contributed by atoms with Crippen molar-refractivity contribution in [1.29, 1.82) is 0 Å². The number of halogens is 1. The summed E-state index contributed by atoms with van der Waals surface area (Å²) in [6, 6.07) is 8.89. The smallest absolute Gasteiger partial charge is 0.253 e. The van der Waals surface area contributed by atoms with Crippen LogP contribution >= 0.6 is 0 Å². The molecule has 1 aromatic heterocycles. The molecule has 0 saturated heterocycles. The van der Waals surface area contributed by atoms with Crippen LogP contribution in [0.1, 0.15) is 35.2 Å². The number of carbonyl (C=O) groups excluding carboxylic acids is 1. The molecule has 1 fully saturated rings. The highest BCUT2D eigenvalue weighted by molar-refractivity contribution is 7.92. The van der Waals surface area contributed by atoms with E-state index < -0.39 is 21.7 Å². The number of furan rings is 1. The van der Waals surface area contributed by atoms with E-state index in [9.17, 15) is 17.6 Å². The van der Waals surface area contributed by atoms with Gasteiger partial charge in [-0.15, -0.1) is 0 Å². The molecule has 8 heteroatoms. The van der Waals surface area contributed by atoms with Crippen molar-refractivity contribution >= 4 is 32.6 Å². The number of rotatable bonds is 7. The van der Waals surface area contributed by atoms with E-state index >= 15 is 0 Å². The number of sulfonamides is 1. The Hall–Kier alpha value is -2.87. The molecular formula is C21H21FN2O4S. The molecule has 29 heavy (non-hydrogen) atoms. The minimum Gasteiger partial charge on any atom is -0.455 e. The summed E-state index contributed by atoms with van der Waals surface area (Å²) in [5.41, 5.74) is 7.88. The molecule has 1 heterocycles. The van der Waals surface area contributed by atoms with Crippen LogP contribution in [-0.2, 0) is 16.4 Å². The van der Waals surface area contributed by atoms with Crippen molar-refractivity contribution in [2.45, 2.75) is 25.7 Å². The molecule has 0 aliphatic heterocycles. The van der Waals surface area contributed by atoms with E-state index in [0.717, 1.165) is 18.2 Å². The Morgan fingerprint density at radius 2 is 1.93 bits per heavy atom. The van der Waals surface area contributed by atoms with Crippen LogP contribution < -0.4 is 10.5 Å². The maximum atomic E-state index is 13.3. The number of amides is 1. The third-order valence-electron chi connectivity index (χ3n) is 5.08. The predicted molar refractivity (Wildman–Crippen MR) is 110 cm³/mol. The highest BCUT2D eigenvalue weighted by Crippen LogP contribution is 2.39. The van der Waals surface area contributed by atoms with E-state index in [4.69, 9.17) is 10.2 Å². The van der Waals surface area contributed by atoms with Gasteiger partial charge in [0.2, 0.25) is 10.0 Å². The molecule has 1 amide bonds. The van der Waals surface area contributed by atoms with Gasteiger partial charge in [0, 0.05) is 17.0 Å². The number of nitrogens with one attached hydrogen (secondary N) is 1. The maximum Gasteiger partial charge on any atom is 0.253 e. The van der Waals surface area contributed by atoms with Gasteiger partial charge in [-0.2, -0.15) is 0 Å². The first-order chi connectivity index (χ1) is 13.7. The van der Waals surface area contributed by atoms with Crippen molar-refractivity contribution in [2.75, 3.05) is 11.0 Å². The van der Waals surface area contributed by atoms with Crippen LogP contribution in [0.3, 0.4) is 0 Å². The average molecular weight is 416 g/mol. The van der Waals surface area contributed by atoms with Crippen LogP contribution in [0.25, 0.3) is 22.3 Å². The molecule has 1 aliphatic carbocycles. The van der Waals surface area contributed by atoms with Gasteiger partial charge in [0.15, 0.2) is 0 Å². The normalized spacial score (nSPS) is 14.3. The molecule has 2 aromatic carbocycles. The van der Waals surface area contributed by atoms with E-state index in [2.05, 4.69) is 4.72 Å². The third-order valence-corrected chi connectivity index (χ3v) is 5.67. The predicted octanol–water partition coefficient (Wildman–Crippen LogP) is 4.05. The number of hydrogen-bond acceptors (Lipinski definition) is 4. The van der Waals surface area contributed by atoms with Crippen LogP contribution in [0.15, 0.2) is 40.8 Å². The van der Waals surface area contributed by atoms with Gasteiger partial charge in [0.05, 0.1) is 17.5 Å². The monoisotopic (exact) mass is 416 g/mol. The van der Waals surface area contributed by atoms with Crippen LogP contribution in [0.2, 0.25) is 0 Å². The summed E-state index contributed by atoms with van der Waals surface area (Å²) >= 11 is 0. The molecule has 152 valence electrons. The fourth-order valence-electron chi connectivity index (χ4n) is 3.50. The number of fused-ring (bicyclic) bond motifs is 1. The quantitative estimate of drug-likeness (QED) is 0.606. The molecule has 3 aromatic rings. The zero-order valence-electron chi connectivity index (χ0n) is 15.9. The van der Waals surface area contributed by atoms with E-state index in [1.54, 1.807) is 12.1 Å². The second-order valence-electron chi connectivity index (χ2n) is 7.54. The summed E-state index contributed by atoms with van der Waals surface area (Å²) in [5, 5.41) is 0.515. The maximum absolute atomic E-state index is 13.3. The van der Waals surface area contributed by atoms with E-state index in [-0.39, 0.29) is 11.3 Å². The molecule has 4 rings (SSSR count). The van der Waals surface area contributed by atoms with Crippen LogP contribution in [-0.4, -0.2) is 20.6 Å². The molecule has 1 aliphatic rings. The molecule has 0 spiro atoms. The number of benzene rings is 2. The molecule has 3 N–H and O–H groups in total. The third kappa shape index (κ3) is 4.27. The van der Waals surface area contributed by atoms with Crippen molar-refractivity contribution in [2.24, 2.45) is 11.7 Å². The van der Waals surface area contributed by atoms with Crippen molar-refractivity contribution in [3.63, 3.8) is 0 Å². The van der Waals surface area contributed by atoms with Gasteiger partial charge in [0.25, 0.3) is 5.91 Å². The highest BCUT2D eigenvalue weighted by Gasteiger charge is 2.25. The first kappa shape index (κ1) is 19.4. The topological polar surface area (TPSA) is 102 Å². The Labute approximate surface area is 167 Å². The Kier molecular flexibility index (Phi) is 4.82. The van der Waals surface area contributed by atoms with Gasteiger partial charge in [-0.05, 0) is 54.7 Å². The van der Waals surface area contributed by atoms with Crippen LogP contribution in [0.4, 0.5) is 10.1 Å². The van der Waals surface area contributed by atoms with E-state index in [0.29, 0.717) is 34.6 Å². The zero-order chi connectivity index (χ0) is 20.8. The fraction of sp³-hybridized carbons (Fsp3) is 0.286. The first-order valence-corrected chi connectivity index (χ1v) is 11.2. The fourth-order valence-corrected chi connectivity index (χ4v) is 4.09. The summed E-state index contributed by atoms with van der Waals surface area (Å²) in [6.45, 7) is 0. The lowest BCUT2D eigenvalue weighted by molar-refractivity contribution is 0.100. The molecule has 0 radical (unpaired) electrons. The molecule has 6 nitrogen and oxygen atoms in total. The van der Waals surface area contributed by atoms with E-state index in [1.807, 2.05) is 0 Å². The SMILES string of the molecule is CS(=O)(=O)Nc1cc2oc(-c3ccc(F)cc3)c(C(N)=O)c2cc1CCC1CC1. The number of primary amides is 1. The summed E-state index contributed by atoms with van der Waals surface area (Å²) < 4.78 is 45.4. The zero-order valence-corrected chi connectivity index (χ0v) is 16.7. The minimum absolute atomic E-state index is 0.199. The van der Waals surface area contributed by atoms with Gasteiger partial charge in [-0.3, -0.25) is 9.52 Å². The second-order valence-corrected chi connectivity index (χ2v) is 9.29. The van der Waals surface area contributed by atoms with Gasteiger partial charge in [-0.1, -0.05) is 12.8 Å². The molecule has 1 saturated carbocycles. The summed E-state index contributed by atoms with van der Waals surface area (Å²) in [4.78, 5) is 12.2. The number of aryl methyl sites for hydroxylation is 1. The van der Waals surface area contributed by atoms with Crippen molar-refractivity contribution in [3.05, 3.63) is 53.3 Å². The number of carbonyl (C=O) groups is 1. The molecule has 0 atom stereocenters. The second kappa shape index (κ2) is 7.18.